The Hall–Kier alpha value is -2.51. The highest BCUT2D eigenvalue weighted by atomic mass is 35.5. The van der Waals surface area contributed by atoms with E-state index >= 15 is 0 Å². The lowest BCUT2D eigenvalue weighted by Gasteiger charge is -2.14. The third-order valence-corrected chi connectivity index (χ3v) is 4.05. The lowest BCUT2D eigenvalue weighted by molar-refractivity contribution is 0.211. The third kappa shape index (κ3) is 6.62. The Morgan fingerprint density at radius 1 is 1.19 bits per heavy atom. The molecule has 0 aromatic heterocycles. The van der Waals surface area contributed by atoms with Gasteiger partial charge in [-0.2, -0.15) is 5.10 Å². The first-order chi connectivity index (χ1) is 13.0. The van der Waals surface area contributed by atoms with Crippen molar-refractivity contribution in [1.82, 2.24) is 10.7 Å². The Kier molecular flexibility index (Phi) is 8.16. The molecule has 0 spiro atoms. The summed E-state index contributed by atoms with van der Waals surface area (Å²) in [5.74, 6) is 1.76. The fourth-order valence-corrected chi connectivity index (χ4v) is 2.44. The van der Waals surface area contributed by atoms with E-state index in [0.717, 1.165) is 11.3 Å². The second kappa shape index (κ2) is 10.6. The first-order valence-corrected chi connectivity index (χ1v) is 9.02. The normalized spacial score (nSPS) is 10.5. The van der Waals surface area contributed by atoms with Gasteiger partial charge >= 0.3 is 0 Å². The van der Waals surface area contributed by atoms with Gasteiger partial charge in [0.1, 0.15) is 19.0 Å². The van der Waals surface area contributed by atoms with Gasteiger partial charge in [-0.15, -0.1) is 0 Å². The minimum absolute atomic E-state index is 0.329. The SMILES string of the molecule is CNC(=S)NN=Cc1cc(Cl)c(OCCOc2ccc(C)cc2)c(OC)c1. The Morgan fingerprint density at radius 2 is 1.89 bits per heavy atom. The highest BCUT2D eigenvalue weighted by Gasteiger charge is 2.11. The minimum Gasteiger partial charge on any atom is -0.493 e. The number of thiocarbonyl (C=S) groups is 1. The van der Waals surface area contributed by atoms with Crippen LogP contribution in [0.25, 0.3) is 0 Å². The predicted molar refractivity (Wildman–Crippen MR) is 113 cm³/mol. The molecule has 0 saturated carbocycles. The number of methoxy groups -OCH3 is 1. The minimum atomic E-state index is 0.329. The number of hydrogen-bond acceptors (Lipinski definition) is 5. The lowest BCUT2D eigenvalue weighted by atomic mass is 10.2. The number of aryl methyl sites for hydroxylation is 1. The number of benzene rings is 2. The number of hydrogen-bond donors (Lipinski definition) is 2. The molecule has 144 valence electrons. The van der Waals surface area contributed by atoms with Gasteiger partial charge in [-0.3, -0.25) is 5.43 Å². The summed E-state index contributed by atoms with van der Waals surface area (Å²) < 4.78 is 16.8. The molecule has 2 aromatic rings. The van der Waals surface area contributed by atoms with E-state index < -0.39 is 0 Å². The van der Waals surface area contributed by atoms with Gasteiger partial charge in [0.05, 0.1) is 18.3 Å². The van der Waals surface area contributed by atoms with Crippen molar-refractivity contribution in [2.45, 2.75) is 6.92 Å². The van der Waals surface area contributed by atoms with E-state index in [1.54, 1.807) is 32.5 Å². The van der Waals surface area contributed by atoms with Crippen LogP contribution in [0.4, 0.5) is 0 Å². The molecule has 0 radical (unpaired) electrons. The molecule has 0 aliphatic carbocycles. The van der Waals surface area contributed by atoms with E-state index in [1.165, 1.54) is 5.56 Å². The molecule has 0 heterocycles. The third-order valence-electron chi connectivity index (χ3n) is 3.48. The molecule has 6 nitrogen and oxygen atoms in total. The highest BCUT2D eigenvalue weighted by Crippen LogP contribution is 2.36. The zero-order valence-electron chi connectivity index (χ0n) is 15.4. The van der Waals surface area contributed by atoms with Crippen LogP contribution in [0.15, 0.2) is 41.5 Å². The Morgan fingerprint density at radius 3 is 2.56 bits per heavy atom. The largest absolute Gasteiger partial charge is 0.493 e. The molecule has 27 heavy (non-hydrogen) atoms. The molecule has 2 rings (SSSR count). The average molecular weight is 408 g/mol. The summed E-state index contributed by atoms with van der Waals surface area (Å²) in [7, 11) is 3.26. The summed E-state index contributed by atoms with van der Waals surface area (Å²) in [6, 6.07) is 11.3. The monoisotopic (exact) mass is 407 g/mol. The Bertz CT molecular complexity index is 798. The van der Waals surface area contributed by atoms with E-state index in [9.17, 15) is 0 Å². The second-order valence-electron chi connectivity index (χ2n) is 5.49. The maximum absolute atomic E-state index is 6.33. The van der Waals surface area contributed by atoms with Crippen LogP contribution in [-0.4, -0.2) is 38.7 Å². The number of hydrazone groups is 1. The average Bonchev–Trinajstić information content (AvgIpc) is 2.67. The summed E-state index contributed by atoms with van der Waals surface area (Å²) in [4.78, 5) is 0. The summed E-state index contributed by atoms with van der Waals surface area (Å²) in [5.41, 5.74) is 4.60. The van der Waals surface area contributed by atoms with E-state index in [2.05, 4.69) is 15.8 Å². The molecule has 0 aliphatic heterocycles. The molecule has 0 aliphatic rings. The number of rotatable bonds is 8. The van der Waals surface area contributed by atoms with Crippen molar-refractivity contribution in [3.8, 4) is 17.2 Å². The molecule has 8 heteroatoms. The van der Waals surface area contributed by atoms with Crippen molar-refractivity contribution >= 4 is 35.1 Å². The van der Waals surface area contributed by atoms with Crippen LogP contribution in [-0.2, 0) is 0 Å². The van der Waals surface area contributed by atoms with Crippen LogP contribution >= 0.6 is 23.8 Å². The van der Waals surface area contributed by atoms with E-state index in [0.29, 0.717) is 34.8 Å². The van der Waals surface area contributed by atoms with Gasteiger partial charge in [-0.1, -0.05) is 29.3 Å². The van der Waals surface area contributed by atoms with Gasteiger partial charge in [0, 0.05) is 7.05 Å². The van der Waals surface area contributed by atoms with Crippen LogP contribution in [0.5, 0.6) is 17.2 Å². The molecule has 2 N–H and O–H groups in total. The van der Waals surface area contributed by atoms with Crippen molar-refractivity contribution in [2.24, 2.45) is 5.10 Å². The van der Waals surface area contributed by atoms with Crippen LogP contribution in [0.2, 0.25) is 5.02 Å². The van der Waals surface area contributed by atoms with Crippen LogP contribution in [0, 0.1) is 6.92 Å². The fourth-order valence-electron chi connectivity index (χ4n) is 2.11. The topological polar surface area (TPSA) is 64.1 Å². The molecule has 2 aromatic carbocycles. The first kappa shape index (κ1) is 20.8. The first-order valence-electron chi connectivity index (χ1n) is 8.24. The van der Waals surface area contributed by atoms with Crippen molar-refractivity contribution in [1.29, 1.82) is 0 Å². The molecular formula is C19H22ClN3O3S. The molecule has 0 saturated heterocycles. The summed E-state index contributed by atoms with van der Waals surface area (Å²) in [6.07, 6.45) is 1.59. The lowest BCUT2D eigenvalue weighted by Crippen LogP contribution is -2.28. The van der Waals surface area contributed by atoms with Gasteiger partial charge < -0.3 is 19.5 Å². The molecule has 0 atom stereocenters. The number of nitrogens with zero attached hydrogens (tertiary/aromatic N) is 1. The Labute approximate surface area is 169 Å². The highest BCUT2D eigenvalue weighted by molar-refractivity contribution is 7.80. The zero-order chi connectivity index (χ0) is 19.6. The van der Waals surface area contributed by atoms with E-state index in [-0.39, 0.29) is 0 Å². The van der Waals surface area contributed by atoms with Crippen LogP contribution < -0.4 is 25.0 Å². The van der Waals surface area contributed by atoms with Crippen LogP contribution in [0.3, 0.4) is 0 Å². The number of halogens is 1. The molecule has 0 fully saturated rings. The van der Waals surface area contributed by atoms with E-state index in [4.69, 9.17) is 38.0 Å². The molecule has 0 amide bonds. The fraction of sp³-hybridized carbons (Fsp3) is 0.263. The van der Waals surface area contributed by atoms with Gasteiger partial charge in [-0.05, 0) is 49.0 Å². The van der Waals surface area contributed by atoms with Crippen molar-refractivity contribution in [3.63, 3.8) is 0 Å². The summed E-state index contributed by atoms with van der Waals surface area (Å²) in [5, 5.41) is 7.61. The van der Waals surface area contributed by atoms with Crippen LogP contribution in [0.1, 0.15) is 11.1 Å². The second-order valence-corrected chi connectivity index (χ2v) is 6.31. The predicted octanol–water partition coefficient (Wildman–Crippen LogP) is 3.54. The van der Waals surface area contributed by atoms with Crippen molar-refractivity contribution in [2.75, 3.05) is 27.4 Å². The summed E-state index contributed by atoms with van der Waals surface area (Å²) in [6.45, 7) is 2.74. The molecule has 0 bridgehead atoms. The van der Waals surface area contributed by atoms with Gasteiger partial charge in [0.15, 0.2) is 16.6 Å². The Balaban J connectivity index is 1.95. The quantitative estimate of drug-likeness (QED) is 0.302. The van der Waals surface area contributed by atoms with Gasteiger partial charge in [0.2, 0.25) is 0 Å². The zero-order valence-corrected chi connectivity index (χ0v) is 17.0. The van der Waals surface area contributed by atoms with E-state index in [1.807, 2.05) is 31.2 Å². The maximum Gasteiger partial charge on any atom is 0.186 e. The summed E-state index contributed by atoms with van der Waals surface area (Å²) >= 11 is 11.3. The molecular weight excluding hydrogens is 386 g/mol. The van der Waals surface area contributed by atoms with Crippen molar-refractivity contribution < 1.29 is 14.2 Å². The van der Waals surface area contributed by atoms with Gasteiger partial charge in [-0.25, -0.2) is 0 Å². The van der Waals surface area contributed by atoms with Crippen molar-refractivity contribution in [3.05, 3.63) is 52.5 Å². The van der Waals surface area contributed by atoms with Gasteiger partial charge in [0.25, 0.3) is 0 Å². The number of nitrogens with one attached hydrogen (secondary N) is 2. The maximum atomic E-state index is 6.33. The standard InChI is InChI=1S/C19H22ClN3O3S/c1-13-4-6-15(7-5-13)25-8-9-26-18-16(20)10-14(11-17(18)24-3)12-22-23-19(27)21-2/h4-7,10-12H,8-9H2,1-3H3,(H2,21,23,27). The molecule has 0 unspecified atom stereocenters. The number of ether oxygens (including phenoxy) is 3. The smallest absolute Gasteiger partial charge is 0.186 e.